The van der Waals surface area contributed by atoms with E-state index in [0.717, 1.165) is 0 Å². The smallest absolute Gasteiger partial charge is 0.0157 e. The minimum atomic E-state index is -0.356. The lowest BCUT2D eigenvalue weighted by Crippen LogP contribution is -2.09. The highest BCUT2D eigenvalue weighted by atomic mass is 31.1. The first-order valence-electron chi connectivity index (χ1n) is 7.98. The summed E-state index contributed by atoms with van der Waals surface area (Å²) >= 11 is 0. The van der Waals surface area contributed by atoms with Gasteiger partial charge in [0.15, 0.2) is 0 Å². The molecule has 0 aliphatic carbocycles. The van der Waals surface area contributed by atoms with E-state index in [2.05, 4.69) is 79.5 Å². The molecule has 1 heteroatoms. The molecule has 2 aromatic carbocycles. The van der Waals surface area contributed by atoms with Crippen LogP contribution in [0.25, 0.3) is 0 Å². The van der Waals surface area contributed by atoms with Crippen molar-refractivity contribution in [1.29, 1.82) is 0 Å². The van der Waals surface area contributed by atoms with Gasteiger partial charge in [-0.15, -0.1) is 0 Å². The average Bonchev–Trinajstić information content (AvgIpc) is 2.56. The summed E-state index contributed by atoms with van der Waals surface area (Å²) in [6.45, 7) is 2.26. The zero-order chi connectivity index (χ0) is 14.8. The lowest BCUT2D eigenvalue weighted by atomic mass is 10.2. The van der Waals surface area contributed by atoms with Crippen LogP contribution in [0.4, 0.5) is 0 Å². The van der Waals surface area contributed by atoms with Crippen LogP contribution in [0.1, 0.15) is 39.0 Å². The normalized spacial score (nSPS) is 11.3. The Kier molecular flexibility index (Phi) is 7.25. The van der Waals surface area contributed by atoms with E-state index >= 15 is 0 Å². The molecule has 21 heavy (non-hydrogen) atoms. The Bertz CT molecular complexity index is 477. The van der Waals surface area contributed by atoms with Crippen molar-refractivity contribution in [2.75, 3.05) is 0 Å². The predicted molar refractivity (Wildman–Crippen MR) is 97.0 cm³/mol. The maximum Gasteiger partial charge on any atom is -0.0157 e. The molecule has 0 aliphatic rings. The maximum atomic E-state index is 2.44. The van der Waals surface area contributed by atoms with E-state index in [1.54, 1.807) is 0 Å². The van der Waals surface area contributed by atoms with E-state index in [0.29, 0.717) is 0 Å². The molecule has 0 nitrogen and oxygen atoms in total. The Hall–Kier alpha value is -1.39. The molecule has 0 N–H and O–H groups in total. The first-order chi connectivity index (χ1) is 10.4. The van der Waals surface area contributed by atoms with E-state index in [-0.39, 0.29) is 7.92 Å². The van der Waals surface area contributed by atoms with Crippen LogP contribution >= 0.6 is 7.92 Å². The molecule has 0 aromatic heterocycles. The fraction of sp³-hybridized carbons (Fsp3) is 0.300. The van der Waals surface area contributed by atoms with Crippen molar-refractivity contribution in [3.63, 3.8) is 0 Å². The lowest BCUT2D eigenvalue weighted by molar-refractivity contribution is 0.675. The third-order valence-electron chi connectivity index (χ3n) is 3.55. The van der Waals surface area contributed by atoms with Crippen molar-refractivity contribution in [2.45, 2.75) is 39.0 Å². The van der Waals surface area contributed by atoms with Gasteiger partial charge in [0, 0.05) is 0 Å². The van der Waals surface area contributed by atoms with Crippen molar-refractivity contribution in [3.8, 4) is 0 Å². The molecule has 2 aromatic rings. The van der Waals surface area contributed by atoms with Gasteiger partial charge in [-0.3, -0.25) is 0 Å². The van der Waals surface area contributed by atoms with Crippen LogP contribution in [0.3, 0.4) is 0 Å². The van der Waals surface area contributed by atoms with Gasteiger partial charge < -0.3 is 0 Å². The van der Waals surface area contributed by atoms with E-state index < -0.39 is 0 Å². The molecule has 0 heterocycles. The number of benzene rings is 2. The molecule has 0 saturated carbocycles. The van der Waals surface area contributed by atoms with Gasteiger partial charge in [-0.05, 0) is 31.4 Å². The summed E-state index contributed by atoms with van der Waals surface area (Å²) in [5.41, 5.74) is 0. The van der Waals surface area contributed by atoms with Gasteiger partial charge >= 0.3 is 0 Å². The minimum absolute atomic E-state index is 0.356. The Morgan fingerprint density at radius 3 is 1.86 bits per heavy atom. The summed E-state index contributed by atoms with van der Waals surface area (Å²) < 4.78 is 0. The van der Waals surface area contributed by atoms with Crippen LogP contribution in [-0.2, 0) is 0 Å². The fourth-order valence-corrected chi connectivity index (χ4v) is 4.36. The first-order valence-corrected chi connectivity index (χ1v) is 9.39. The van der Waals surface area contributed by atoms with Crippen LogP contribution in [0, 0.1) is 0 Å². The number of rotatable bonds is 8. The third kappa shape index (κ3) is 5.48. The second-order valence-corrected chi connectivity index (χ2v) is 7.35. The molecule has 0 bridgehead atoms. The van der Waals surface area contributed by atoms with Crippen molar-refractivity contribution in [1.82, 2.24) is 0 Å². The van der Waals surface area contributed by atoms with Crippen molar-refractivity contribution >= 4 is 18.5 Å². The molecular weight excluding hydrogens is 271 g/mol. The molecule has 110 valence electrons. The highest BCUT2D eigenvalue weighted by Gasteiger charge is 2.08. The van der Waals surface area contributed by atoms with Crippen LogP contribution in [-0.4, -0.2) is 0 Å². The van der Waals surface area contributed by atoms with Gasteiger partial charge in [0.05, 0.1) is 0 Å². The van der Waals surface area contributed by atoms with Crippen molar-refractivity contribution in [2.24, 2.45) is 0 Å². The SMILES string of the molecule is CCCCCC/C=C\P(c1ccccc1)c1ccccc1. The monoisotopic (exact) mass is 296 g/mol. The first kappa shape index (κ1) is 16.0. The van der Waals surface area contributed by atoms with Crippen LogP contribution < -0.4 is 10.6 Å². The Morgan fingerprint density at radius 1 is 0.762 bits per heavy atom. The molecule has 0 aliphatic heterocycles. The van der Waals surface area contributed by atoms with Crippen LogP contribution in [0.15, 0.2) is 72.6 Å². The third-order valence-corrected chi connectivity index (χ3v) is 5.77. The Labute approximate surface area is 130 Å². The molecular formula is C20H25P. The molecule has 0 radical (unpaired) electrons. The van der Waals surface area contributed by atoms with E-state index in [4.69, 9.17) is 0 Å². The summed E-state index contributed by atoms with van der Waals surface area (Å²) in [7, 11) is -0.356. The summed E-state index contributed by atoms with van der Waals surface area (Å²) in [5.74, 6) is 2.44. The molecule has 0 atom stereocenters. The zero-order valence-corrected chi connectivity index (χ0v) is 13.8. The van der Waals surface area contributed by atoms with Gasteiger partial charge in [-0.25, -0.2) is 0 Å². The second-order valence-electron chi connectivity index (χ2n) is 5.28. The molecule has 2 rings (SSSR count). The van der Waals surface area contributed by atoms with Crippen LogP contribution in [0.2, 0.25) is 0 Å². The van der Waals surface area contributed by atoms with Gasteiger partial charge in [0.25, 0.3) is 0 Å². The summed E-state index contributed by atoms with van der Waals surface area (Å²) in [6.07, 6.45) is 8.94. The van der Waals surface area contributed by atoms with Gasteiger partial charge in [0.1, 0.15) is 0 Å². The summed E-state index contributed by atoms with van der Waals surface area (Å²) in [5, 5.41) is 2.87. The number of hydrogen-bond donors (Lipinski definition) is 0. The largest absolute Gasteiger partial charge is 0.0834 e. The molecule has 0 fully saturated rings. The summed E-state index contributed by atoms with van der Waals surface area (Å²) in [4.78, 5) is 0. The predicted octanol–water partition coefficient (Wildman–Crippen LogP) is 5.60. The van der Waals surface area contributed by atoms with Gasteiger partial charge in [-0.2, -0.15) is 0 Å². The Balaban J connectivity index is 2.05. The van der Waals surface area contributed by atoms with Crippen molar-refractivity contribution in [3.05, 3.63) is 72.6 Å². The van der Waals surface area contributed by atoms with Crippen LogP contribution in [0.5, 0.6) is 0 Å². The zero-order valence-electron chi connectivity index (χ0n) is 12.9. The minimum Gasteiger partial charge on any atom is -0.0834 e. The lowest BCUT2D eigenvalue weighted by Gasteiger charge is -2.14. The van der Waals surface area contributed by atoms with Gasteiger partial charge in [-0.1, -0.05) is 98.7 Å². The number of hydrogen-bond acceptors (Lipinski definition) is 0. The molecule has 0 unspecified atom stereocenters. The van der Waals surface area contributed by atoms with E-state index in [9.17, 15) is 0 Å². The highest BCUT2D eigenvalue weighted by molar-refractivity contribution is 7.75. The quantitative estimate of drug-likeness (QED) is 0.439. The highest BCUT2D eigenvalue weighted by Crippen LogP contribution is 2.35. The van der Waals surface area contributed by atoms with E-state index in [1.165, 1.54) is 42.7 Å². The van der Waals surface area contributed by atoms with Crippen molar-refractivity contribution < 1.29 is 0 Å². The second kappa shape index (κ2) is 9.53. The average molecular weight is 296 g/mol. The summed E-state index contributed by atoms with van der Waals surface area (Å²) in [6, 6.07) is 21.8. The Morgan fingerprint density at radius 2 is 1.33 bits per heavy atom. The molecule has 0 spiro atoms. The fourth-order valence-electron chi connectivity index (χ4n) is 2.37. The number of unbranched alkanes of at least 4 members (excludes halogenated alkanes) is 4. The standard InChI is InChI=1S/C20H25P/c1-2-3-4-5-6-13-18-21(19-14-9-7-10-15-19)20-16-11-8-12-17-20/h7-18H,2-6H2,1H3/b18-13-. The number of allylic oxidation sites excluding steroid dienone is 1. The topological polar surface area (TPSA) is 0 Å². The van der Waals surface area contributed by atoms with E-state index in [1.807, 2.05) is 0 Å². The maximum absolute atomic E-state index is 2.44. The molecule has 0 saturated heterocycles. The molecule has 0 amide bonds. The van der Waals surface area contributed by atoms with Gasteiger partial charge in [0.2, 0.25) is 0 Å².